The summed E-state index contributed by atoms with van der Waals surface area (Å²) in [5.74, 6) is -0.00762. The Balaban J connectivity index is 1.75. The standard InChI is InChI=1S/C17H20ClNOS/c18-15-13-10-6-7-11-14(13)21-16(15)17(20)19-12-8-4-2-1-3-5-9-12/h6-7,10-12H,1-5,8-9H2,(H,19,20). The van der Waals surface area contributed by atoms with Crippen molar-refractivity contribution in [3.63, 3.8) is 0 Å². The molecule has 1 amide bonds. The maximum absolute atomic E-state index is 12.5. The third-order valence-corrected chi connectivity index (χ3v) is 5.86. The highest BCUT2D eigenvalue weighted by molar-refractivity contribution is 7.21. The van der Waals surface area contributed by atoms with Gasteiger partial charge in [-0.25, -0.2) is 0 Å². The van der Waals surface area contributed by atoms with E-state index in [4.69, 9.17) is 11.6 Å². The van der Waals surface area contributed by atoms with E-state index in [1.165, 1.54) is 43.4 Å². The predicted molar refractivity (Wildman–Crippen MR) is 90.4 cm³/mol. The van der Waals surface area contributed by atoms with Crippen molar-refractivity contribution in [2.75, 3.05) is 0 Å². The van der Waals surface area contributed by atoms with E-state index < -0.39 is 0 Å². The van der Waals surface area contributed by atoms with Gasteiger partial charge in [0.15, 0.2) is 0 Å². The van der Waals surface area contributed by atoms with Gasteiger partial charge in [0.25, 0.3) is 5.91 Å². The summed E-state index contributed by atoms with van der Waals surface area (Å²) < 4.78 is 1.07. The first-order chi connectivity index (χ1) is 10.3. The van der Waals surface area contributed by atoms with Crippen LogP contribution in [0.25, 0.3) is 10.1 Å². The Hall–Kier alpha value is -1.06. The van der Waals surface area contributed by atoms with Gasteiger partial charge in [0.1, 0.15) is 4.88 Å². The van der Waals surface area contributed by atoms with Crippen molar-refractivity contribution in [1.29, 1.82) is 0 Å². The van der Waals surface area contributed by atoms with Crippen molar-refractivity contribution in [2.24, 2.45) is 0 Å². The van der Waals surface area contributed by atoms with E-state index in [1.807, 2.05) is 24.3 Å². The molecule has 2 nitrogen and oxygen atoms in total. The molecule has 1 N–H and O–H groups in total. The Bertz CT molecular complexity index is 629. The first-order valence-electron chi connectivity index (χ1n) is 7.73. The quantitative estimate of drug-likeness (QED) is 0.788. The van der Waals surface area contributed by atoms with E-state index in [1.54, 1.807) is 0 Å². The van der Waals surface area contributed by atoms with Crippen LogP contribution in [-0.4, -0.2) is 11.9 Å². The van der Waals surface area contributed by atoms with Crippen molar-refractivity contribution in [3.8, 4) is 0 Å². The van der Waals surface area contributed by atoms with E-state index in [2.05, 4.69) is 5.32 Å². The summed E-state index contributed by atoms with van der Waals surface area (Å²) in [5, 5.41) is 4.77. The molecule has 112 valence electrons. The smallest absolute Gasteiger partial charge is 0.263 e. The molecule has 2 aromatic rings. The molecule has 1 aromatic heterocycles. The number of benzene rings is 1. The van der Waals surface area contributed by atoms with Crippen LogP contribution < -0.4 is 5.32 Å². The minimum atomic E-state index is -0.00762. The molecule has 0 bridgehead atoms. The molecule has 21 heavy (non-hydrogen) atoms. The molecule has 1 aliphatic carbocycles. The van der Waals surface area contributed by atoms with E-state index >= 15 is 0 Å². The number of carbonyl (C=O) groups excluding carboxylic acids is 1. The average molecular weight is 322 g/mol. The lowest BCUT2D eigenvalue weighted by molar-refractivity contribution is 0.0935. The minimum absolute atomic E-state index is 0.00762. The molecule has 1 saturated carbocycles. The lowest BCUT2D eigenvalue weighted by atomic mass is 9.97. The number of amides is 1. The predicted octanol–water partition coefficient (Wildman–Crippen LogP) is 5.40. The average Bonchev–Trinajstić information content (AvgIpc) is 2.79. The summed E-state index contributed by atoms with van der Waals surface area (Å²) in [6.07, 6.45) is 8.52. The van der Waals surface area contributed by atoms with Gasteiger partial charge in [-0.2, -0.15) is 0 Å². The number of halogens is 1. The summed E-state index contributed by atoms with van der Waals surface area (Å²) in [4.78, 5) is 13.2. The number of thiophene rings is 1. The van der Waals surface area contributed by atoms with Gasteiger partial charge in [-0.3, -0.25) is 4.79 Å². The second-order valence-corrected chi connectivity index (χ2v) is 7.19. The topological polar surface area (TPSA) is 29.1 Å². The van der Waals surface area contributed by atoms with Crippen LogP contribution in [0.1, 0.15) is 54.6 Å². The molecule has 3 rings (SSSR count). The SMILES string of the molecule is O=C(NC1CCCCCCC1)c1sc2ccccc2c1Cl. The van der Waals surface area contributed by atoms with Gasteiger partial charge in [0.2, 0.25) is 0 Å². The summed E-state index contributed by atoms with van der Waals surface area (Å²) >= 11 is 7.86. The monoisotopic (exact) mass is 321 g/mol. The number of nitrogens with one attached hydrogen (secondary N) is 1. The van der Waals surface area contributed by atoms with E-state index in [9.17, 15) is 4.79 Å². The fraction of sp³-hybridized carbons (Fsp3) is 0.471. The molecule has 1 aliphatic rings. The first kappa shape index (κ1) is 14.9. The van der Waals surface area contributed by atoms with E-state index in [0.29, 0.717) is 15.9 Å². The van der Waals surface area contributed by atoms with Gasteiger partial charge in [-0.15, -0.1) is 11.3 Å². The van der Waals surface area contributed by atoms with Crippen molar-refractivity contribution >= 4 is 38.9 Å². The molecular weight excluding hydrogens is 302 g/mol. The lowest BCUT2D eigenvalue weighted by Crippen LogP contribution is -2.34. The zero-order valence-corrected chi connectivity index (χ0v) is 13.6. The number of hydrogen-bond donors (Lipinski definition) is 1. The molecule has 0 aliphatic heterocycles. The van der Waals surface area contributed by atoms with Gasteiger partial charge < -0.3 is 5.32 Å². The number of carbonyl (C=O) groups is 1. The van der Waals surface area contributed by atoms with Crippen LogP contribution in [0, 0.1) is 0 Å². The van der Waals surface area contributed by atoms with Gasteiger partial charge in [0, 0.05) is 16.1 Å². The zero-order valence-electron chi connectivity index (χ0n) is 12.0. The molecular formula is C17H20ClNOS. The van der Waals surface area contributed by atoms with Crippen molar-refractivity contribution < 1.29 is 4.79 Å². The fourth-order valence-corrected chi connectivity index (χ4v) is 4.43. The maximum atomic E-state index is 12.5. The second kappa shape index (κ2) is 6.80. The molecule has 0 atom stereocenters. The van der Waals surface area contributed by atoms with Crippen LogP contribution in [0.2, 0.25) is 5.02 Å². The summed E-state index contributed by atoms with van der Waals surface area (Å²) in [6, 6.07) is 8.22. The van der Waals surface area contributed by atoms with Crippen LogP contribution in [0.5, 0.6) is 0 Å². The molecule has 1 heterocycles. The molecule has 1 fully saturated rings. The third kappa shape index (κ3) is 3.41. The van der Waals surface area contributed by atoms with E-state index in [-0.39, 0.29) is 5.91 Å². The number of fused-ring (bicyclic) bond motifs is 1. The van der Waals surface area contributed by atoms with Crippen LogP contribution in [0.4, 0.5) is 0 Å². The molecule has 0 saturated heterocycles. The number of hydrogen-bond acceptors (Lipinski definition) is 2. The molecule has 1 aromatic carbocycles. The highest BCUT2D eigenvalue weighted by atomic mass is 35.5. The minimum Gasteiger partial charge on any atom is -0.349 e. The highest BCUT2D eigenvalue weighted by Crippen LogP contribution is 2.35. The van der Waals surface area contributed by atoms with Crippen molar-refractivity contribution in [1.82, 2.24) is 5.32 Å². The fourth-order valence-electron chi connectivity index (χ4n) is 3.01. The molecule has 0 spiro atoms. The van der Waals surface area contributed by atoms with E-state index in [0.717, 1.165) is 22.9 Å². The highest BCUT2D eigenvalue weighted by Gasteiger charge is 2.20. The van der Waals surface area contributed by atoms with Gasteiger partial charge in [0.05, 0.1) is 5.02 Å². The zero-order chi connectivity index (χ0) is 14.7. The normalized spacial score (nSPS) is 17.4. The Morgan fingerprint density at radius 2 is 1.76 bits per heavy atom. The van der Waals surface area contributed by atoms with Gasteiger partial charge in [-0.05, 0) is 18.9 Å². The number of rotatable bonds is 2. The molecule has 0 unspecified atom stereocenters. The van der Waals surface area contributed by atoms with Crippen LogP contribution in [0.3, 0.4) is 0 Å². The summed E-state index contributed by atoms with van der Waals surface area (Å²) in [6.45, 7) is 0. The summed E-state index contributed by atoms with van der Waals surface area (Å²) in [5.41, 5.74) is 0. The largest absolute Gasteiger partial charge is 0.349 e. The summed E-state index contributed by atoms with van der Waals surface area (Å²) in [7, 11) is 0. The van der Waals surface area contributed by atoms with Crippen LogP contribution in [-0.2, 0) is 0 Å². The Morgan fingerprint density at radius 1 is 1.10 bits per heavy atom. The second-order valence-electron chi connectivity index (χ2n) is 5.76. The van der Waals surface area contributed by atoms with Gasteiger partial charge in [-0.1, -0.05) is 61.9 Å². The van der Waals surface area contributed by atoms with Crippen LogP contribution >= 0.6 is 22.9 Å². The molecule has 0 radical (unpaired) electrons. The first-order valence-corrected chi connectivity index (χ1v) is 8.93. The Labute approximate surface area is 134 Å². The van der Waals surface area contributed by atoms with Gasteiger partial charge >= 0.3 is 0 Å². The van der Waals surface area contributed by atoms with Crippen LogP contribution in [0.15, 0.2) is 24.3 Å². The Kier molecular flexibility index (Phi) is 4.81. The molecule has 4 heteroatoms. The third-order valence-electron chi connectivity index (χ3n) is 4.18. The van der Waals surface area contributed by atoms with Crippen molar-refractivity contribution in [3.05, 3.63) is 34.2 Å². The lowest BCUT2D eigenvalue weighted by Gasteiger charge is -2.20. The maximum Gasteiger partial charge on any atom is 0.263 e. The van der Waals surface area contributed by atoms with Crippen molar-refractivity contribution in [2.45, 2.75) is 51.0 Å². The Morgan fingerprint density at radius 3 is 2.48 bits per heavy atom.